The Hall–Kier alpha value is -2.08. The highest BCUT2D eigenvalue weighted by Gasteiger charge is 2.41. The fraction of sp³-hybridized carbons (Fsp3) is 0.467. The van der Waals surface area contributed by atoms with Gasteiger partial charge in [-0.05, 0) is 18.6 Å². The minimum Gasteiger partial charge on any atom is -0.481 e. The van der Waals surface area contributed by atoms with Crippen LogP contribution in [0.15, 0.2) is 30.3 Å². The molecule has 0 aliphatic carbocycles. The van der Waals surface area contributed by atoms with E-state index in [-0.39, 0.29) is 13.0 Å². The summed E-state index contributed by atoms with van der Waals surface area (Å²) < 4.78 is 5.64. The van der Waals surface area contributed by atoms with E-state index >= 15 is 0 Å². The molecule has 2 N–H and O–H groups in total. The summed E-state index contributed by atoms with van der Waals surface area (Å²) in [5.74, 6) is -0.941. The molecule has 0 spiro atoms. The van der Waals surface area contributed by atoms with Gasteiger partial charge in [0.15, 0.2) is 6.10 Å². The van der Waals surface area contributed by atoms with E-state index in [1.807, 2.05) is 6.07 Å². The van der Waals surface area contributed by atoms with Crippen molar-refractivity contribution in [3.63, 3.8) is 0 Å². The van der Waals surface area contributed by atoms with Gasteiger partial charge in [-0.25, -0.2) is 4.79 Å². The fourth-order valence-electron chi connectivity index (χ4n) is 2.45. The molecule has 1 aromatic rings. The quantitative estimate of drug-likeness (QED) is 0.842. The molecule has 0 aromatic heterocycles. The van der Waals surface area contributed by atoms with Crippen LogP contribution in [0.1, 0.15) is 19.8 Å². The van der Waals surface area contributed by atoms with E-state index in [4.69, 9.17) is 9.84 Å². The first-order valence-electron chi connectivity index (χ1n) is 6.96. The van der Waals surface area contributed by atoms with Gasteiger partial charge in [0.25, 0.3) is 5.91 Å². The topological polar surface area (TPSA) is 87.1 Å². The number of aliphatic hydroxyl groups is 1. The molecule has 2 unspecified atom stereocenters. The lowest BCUT2D eigenvalue weighted by Gasteiger charge is -2.26. The number of hydrogen-bond acceptors (Lipinski definition) is 4. The summed E-state index contributed by atoms with van der Waals surface area (Å²) in [4.78, 5) is 24.9. The van der Waals surface area contributed by atoms with E-state index in [9.17, 15) is 14.7 Å². The summed E-state index contributed by atoms with van der Waals surface area (Å²) in [6, 6.07) is 7.93. The molecule has 1 aliphatic rings. The highest BCUT2D eigenvalue weighted by Crippen LogP contribution is 2.22. The lowest BCUT2D eigenvalue weighted by molar-refractivity contribution is -0.151. The van der Waals surface area contributed by atoms with E-state index in [0.717, 1.165) is 0 Å². The van der Waals surface area contributed by atoms with Crippen molar-refractivity contribution >= 4 is 11.9 Å². The number of hydrogen-bond donors (Lipinski definition) is 2. The number of amides is 1. The molecule has 6 nitrogen and oxygen atoms in total. The number of likely N-dealkylation sites (tertiary alicyclic amines) is 1. The van der Waals surface area contributed by atoms with Gasteiger partial charge in [-0.15, -0.1) is 0 Å². The average molecular weight is 293 g/mol. The minimum absolute atomic E-state index is 0.0322. The number of benzene rings is 1. The molecule has 0 radical (unpaired) electrons. The van der Waals surface area contributed by atoms with Gasteiger partial charge in [0.1, 0.15) is 11.8 Å². The van der Waals surface area contributed by atoms with E-state index in [2.05, 4.69) is 0 Å². The van der Waals surface area contributed by atoms with Gasteiger partial charge in [0, 0.05) is 13.0 Å². The van der Waals surface area contributed by atoms with Crippen LogP contribution in [0.3, 0.4) is 0 Å². The average Bonchev–Trinajstić information content (AvgIpc) is 2.87. The molecule has 0 saturated carbocycles. The number of rotatable bonds is 5. The van der Waals surface area contributed by atoms with Gasteiger partial charge >= 0.3 is 5.97 Å². The van der Waals surface area contributed by atoms with Crippen molar-refractivity contribution in [1.82, 2.24) is 4.90 Å². The Labute approximate surface area is 122 Å². The third-order valence-corrected chi connectivity index (χ3v) is 3.51. The number of carboxylic acid groups (broad SMARTS) is 1. The largest absolute Gasteiger partial charge is 0.481 e. The molecule has 1 amide bonds. The normalized spacial score (nSPS) is 22.9. The molecular formula is C15H19NO5. The van der Waals surface area contributed by atoms with Crippen LogP contribution in [-0.4, -0.2) is 51.8 Å². The second kappa shape index (κ2) is 6.58. The first-order chi connectivity index (χ1) is 10.0. The maximum absolute atomic E-state index is 12.5. The van der Waals surface area contributed by atoms with Crippen molar-refractivity contribution in [2.75, 3.05) is 6.54 Å². The number of carboxylic acids is 1. The molecule has 1 saturated heterocycles. The first kappa shape index (κ1) is 15.3. The van der Waals surface area contributed by atoms with Crippen molar-refractivity contribution in [1.29, 1.82) is 0 Å². The maximum Gasteiger partial charge on any atom is 0.326 e. The standard InChI is InChI=1S/C15H19NO5/c1-2-13(21-11-6-4-3-5-7-11)14(18)16-9-10(17)8-12(16)15(19)20/h3-7,10,12-13,17H,2,8-9H2,1H3,(H,19,20)/t10?,12-,13?/m0/s1. The Balaban J connectivity index is 2.10. The van der Waals surface area contributed by atoms with Crippen molar-refractivity contribution in [2.45, 2.75) is 38.0 Å². The summed E-state index contributed by atoms with van der Waals surface area (Å²) in [7, 11) is 0. The number of aliphatic carboxylic acids is 1. The molecule has 2 rings (SSSR count). The minimum atomic E-state index is -1.10. The highest BCUT2D eigenvalue weighted by molar-refractivity contribution is 5.87. The SMILES string of the molecule is CCC(Oc1ccccc1)C(=O)N1CC(O)C[C@H]1C(=O)O. The Morgan fingerprint density at radius 3 is 2.62 bits per heavy atom. The summed E-state index contributed by atoms with van der Waals surface area (Å²) in [5.41, 5.74) is 0. The Bertz CT molecular complexity index is 504. The van der Waals surface area contributed by atoms with Crippen molar-refractivity contribution in [3.05, 3.63) is 30.3 Å². The van der Waals surface area contributed by atoms with Gasteiger partial charge in [0.05, 0.1) is 6.10 Å². The van der Waals surface area contributed by atoms with Crippen molar-refractivity contribution in [3.8, 4) is 5.75 Å². The molecule has 6 heteroatoms. The molecule has 3 atom stereocenters. The molecule has 1 heterocycles. The third-order valence-electron chi connectivity index (χ3n) is 3.51. The van der Waals surface area contributed by atoms with Crippen LogP contribution in [0.5, 0.6) is 5.75 Å². The maximum atomic E-state index is 12.5. The zero-order chi connectivity index (χ0) is 15.4. The van der Waals surface area contributed by atoms with Crippen LogP contribution in [0.4, 0.5) is 0 Å². The number of nitrogens with zero attached hydrogens (tertiary/aromatic N) is 1. The number of para-hydroxylation sites is 1. The zero-order valence-corrected chi connectivity index (χ0v) is 11.8. The van der Waals surface area contributed by atoms with Crippen LogP contribution < -0.4 is 4.74 Å². The lowest BCUT2D eigenvalue weighted by Crippen LogP contribution is -2.47. The van der Waals surface area contributed by atoms with Gasteiger partial charge in [-0.3, -0.25) is 4.79 Å². The molecule has 114 valence electrons. The van der Waals surface area contributed by atoms with Crippen LogP contribution in [-0.2, 0) is 9.59 Å². The molecule has 1 fully saturated rings. The van der Waals surface area contributed by atoms with Gasteiger partial charge in [-0.1, -0.05) is 25.1 Å². The van der Waals surface area contributed by atoms with Gasteiger partial charge in [0.2, 0.25) is 0 Å². The summed E-state index contributed by atoms with van der Waals surface area (Å²) >= 11 is 0. The number of aliphatic hydroxyl groups excluding tert-OH is 1. The monoisotopic (exact) mass is 293 g/mol. The molecule has 0 bridgehead atoms. The molecule has 1 aromatic carbocycles. The number of carbonyl (C=O) groups is 2. The van der Waals surface area contributed by atoms with Crippen LogP contribution in [0, 0.1) is 0 Å². The van der Waals surface area contributed by atoms with Crippen LogP contribution in [0.2, 0.25) is 0 Å². The van der Waals surface area contributed by atoms with Gasteiger partial charge in [-0.2, -0.15) is 0 Å². The van der Waals surface area contributed by atoms with E-state index in [1.165, 1.54) is 4.90 Å². The summed E-state index contributed by atoms with van der Waals surface area (Å²) in [5, 5.41) is 18.8. The molecule has 1 aliphatic heterocycles. The van der Waals surface area contributed by atoms with E-state index < -0.39 is 30.1 Å². The molecular weight excluding hydrogens is 274 g/mol. The van der Waals surface area contributed by atoms with E-state index in [0.29, 0.717) is 12.2 Å². The second-order valence-electron chi connectivity index (χ2n) is 5.06. The van der Waals surface area contributed by atoms with Gasteiger partial charge < -0.3 is 19.8 Å². The predicted octanol–water partition coefficient (Wildman–Crippen LogP) is 0.890. The Morgan fingerprint density at radius 2 is 2.05 bits per heavy atom. The third kappa shape index (κ3) is 3.52. The smallest absolute Gasteiger partial charge is 0.326 e. The highest BCUT2D eigenvalue weighted by atomic mass is 16.5. The zero-order valence-electron chi connectivity index (χ0n) is 11.8. The molecule has 21 heavy (non-hydrogen) atoms. The fourth-order valence-corrected chi connectivity index (χ4v) is 2.45. The summed E-state index contributed by atoms with van der Waals surface area (Å²) in [6.07, 6.45) is -1.07. The van der Waals surface area contributed by atoms with E-state index in [1.54, 1.807) is 31.2 Å². The van der Waals surface area contributed by atoms with Crippen molar-refractivity contribution in [2.24, 2.45) is 0 Å². The number of β-amino-alcohol motifs (C(OH)–C–C–N with tert-alkyl or cyclic N) is 1. The van der Waals surface area contributed by atoms with Crippen molar-refractivity contribution < 1.29 is 24.5 Å². The lowest BCUT2D eigenvalue weighted by atomic mass is 10.2. The number of carbonyl (C=O) groups excluding carboxylic acids is 1. The number of ether oxygens (including phenoxy) is 1. The van der Waals surface area contributed by atoms with Crippen LogP contribution >= 0.6 is 0 Å². The first-order valence-corrected chi connectivity index (χ1v) is 6.96. The Kier molecular flexibility index (Phi) is 4.80. The second-order valence-corrected chi connectivity index (χ2v) is 5.06. The van der Waals surface area contributed by atoms with Crippen LogP contribution in [0.25, 0.3) is 0 Å². The summed E-state index contributed by atoms with van der Waals surface area (Å²) in [6.45, 7) is 1.83. The Morgan fingerprint density at radius 1 is 1.38 bits per heavy atom. The predicted molar refractivity (Wildman–Crippen MR) is 74.9 cm³/mol.